The zero-order valence-electron chi connectivity index (χ0n) is 17.6. The molecule has 0 aliphatic rings. The molecule has 0 spiro atoms. The van der Waals surface area contributed by atoms with E-state index in [9.17, 15) is 4.79 Å². The van der Waals surface area contributed by atoms with Crippen molar-refractivity contribution in [1.29, 1.82) is 0 Å². The molecule has 0 unspecified atom stereocenters. The van der Waals surface area contributed by atoms with Gasteiger partial charge in [0.15, 0.2) is 11.5 Å². The number of hydrogen-bond donors (Lipinski definition) is 2. The highest BCUT2D eigenvalue weighted by Crippen LogP contribution is 2.27. The third-order valence-corrected chi connectivity index (χ3v) is 4.99. The van der Waals surface area contributed by atoms with Crippen molar-refractivity contribution < 1.29 is 14.3 Å². The Labute approximate surface area is 178 Å². The lowest BCUT2D eigenvalue weighted by Gasteiger charge is -2.24. The molecule has 2 N–H and O–H groups in total. The van der Waals surface area contributed by atoms with Gasteiger partial charge in [-0.05, 0) is 35.7 Å². The monoisotopic (exact) mass is 404 g/mol. The maximum atomic E-state index is 12.8. The van der Waals surface area contributed by atoms with Gasteiger partial charge in [0, 0.05) is 6.54 Å². The van der Waals surface area contributed by atoms with Crippen LogP contribution in [0.25, 0.3) is 0 Å². The second-order valence-electron chi connectivity index (χ2n) is 7.05. The van der Waals surface area contributed by atoms with Crippen molar-refractivity contribution in [1.82, 2.24) is 10.6 Å². The Balaban J connectivity index is 1.67. The molecular formula is C25H28N2O3. The molecule has 0 aliphatic heterocycles. The Bertz CT molecular complexity index is 906. The minimum atomic E-state index is -0.379. The molecule has 0 aromatic heterocycles. The normalized spacial score (nSPS) is 11.7. The standard InChI is InChI=1S/C25H28N2O3/c1-18(25(28)26-17-19-14-15-22(29-2)23(16-19)30-3)27-24(20-10-6-4-7-11-20)21-12-8-5-9-13-21/h4-16,18,24,27H,17H2,1-3H3,(H,26,28)/t18-/m0/s1. The van der Waals surface area contributed by atoms with Crippen molar-refractivity contribution in [3.05, 3.63) is 95.6 Å². The SMILES string of the molecule is COc1ccc(CNC(=O)[C@H](C)NC(c2ccccc2)c2ccccc2)cc1OC. The molecule has 0 saturated heterocycles. The van der Waals surface area contributed by atoms with Crippen LogP contribution in [-0.2, 0) is 11.3 Å². The van der Waals surface area contributed by atoms with Gasteiger partial charge in [-0.1, -0.05) is 66.7 Å². The number of methoxy groups -OCH3 is 2. The first-order chi connectivity index (χ1) is 14.6. The molecule has 0 heterocycles. The molecule has 0 aliphatic carbocycles. The molecule has 5 heteroatoms. The second kappa shape index (κ2) is 10.5. The summed E-state index contributed by atoms with van der Waals surface area (Å²) in [6, 6.07) is 25.5. The minimum absolute atomic E-state index is 0.0679. The quantitative estimate of drug-likeness (QED) is 0.564. The van der Waals surface area contributed by atoms with Crippen molar-refractivity contribution in [2.75, 3.05) is 14.2 Å². The lowest BCUT2D eigenvalue weighted by Crippen LogP contribution is -2.43. The van der Waals surface area contributed by atoms with Crippen LogP contribution in [0.15, 0.2) is 78.9 Å². The smallest absolute Gasteiger partial charge is 0.237 e. The molecule has 0 bridgehead atoms. The summed E-state index contributed by atoms with van der Waals surface area (Å²) in [5, 5.41) is 6.47. The van der Waals surface area contributed by atoms with Crippen LogP contribution in [-0.4, -0.2) is 26.2 Å². The van der Waals surface area contributed by atoms with Gasteiger partial charge in [-0.25, -0.2) is 0 Å². The number of nitrogens with one attached hydrogen (secondary N) is 2. The summed E-state index contributed by atoms with van der Waals surface area (Å²) >= 11 is 0. The van der Waals surface area contributed by atoms with Gasteiger partial charge in [-0.3, -0.25) is 10.1 Å². The molecule has 3 rings (SSSR count). The van der Waals surface area contributed by atoms with Gasteiger partial charge < -0.3 is 14.8 Å². The molecular weight excluding hydrogens is 376 g/mol. The zero-order chi connectivity index (χ0) is 21.3. The van der Waals surface area contributed by atoms with Crippen molar-refractivity contribution in [3.63, 3.8) is 0 Å². The highest BCUT2D eigenvalue weighted by Gasteiger charge is 2.20. The average molecular weight is 405 g/mol. The first kappa shape index (κ1) is 21.4. The number of ether oxygens (including phenoxy) is 2. The summed E-state index contributed by atoms with van der Waals surface area (Å²) in [5.74, 6) is 1.24. The Morgan fingerprint density at radius 1 is 0.833 bits per heavy atom. The third-order valence-electron chi connectivity index (χ3n) is 4.99. The summed E-state index contributed by atoms with van der Waals surface area (Å²) in [6.45, 7) is 2.29. The highest BCUT2D eigenvalue weighted by molar-refractivity contribution is 5.81. The number of amides is 1. The lowest BCUT2D eigenvalue weighted by atomic mass is 9.98. The molecule has 3 aromatic rings. The molecule has 3 aromatic carbocycles. The molecule has 156 valence electrons. The van der Waals surface area contributed by atoms with Gasteiger partial charge in [0.25, 0.3) is 0 Å². The minimum Gasteiger partial charge on any atom is -0.493 e. The first-order valence-electron chi connectivity index (χ1n) is 9.97. The van der Waals surface area contributed by atoms with E-state index in [-0.39, 0.29) is 18.0 Å². The Kier molecular flexibility index (Phi) is 7.46. The van der Waals surface area contributed by atoms with E-state index in [1.165, 1.54) is 0 Å². The zero-order valence-corrected chi connectivity index (χ0v) is 17.6. The first-order valence-corrected chi connectivity index (χ1v) is 9.97. The van der Waals surface area contributed by atoms with Gasteiger partial charge in [0.05, 0.1) is 26.3 Å². The van der Waals surface area contributed by atoms with Crippen LogP contribution in [0.2, 0.25) is 0 Å². The summed E-state index contributed by atoms with van der Waals surface area (Å²) in [6.07, 6.45) is 0. The Hall–Kier alpha value is -3.31. The summed E-state index contributed by atoms with van der Waals surface area (Å²) in [5.41, 5.74) is 3.17. The molecule has 0 fully saturated rings. The van der Waals surface area contributed by atoms with Gasteiger partial charge in [-0.2, -0.15) is 0 Å². The number of hydrogen-bond acceptors (Lipinski definition) is 4. The topological polar surface area (TPSA) is 59.6 Å². The van der Waals surface area contributed by atoms with E-state index in [2.05, 4.69) is 34.9 Å². The number of rotatable bonds is 9. The molecule has 30 heavy (non-hydrogen) atoms. The lowest BCUT2D eigenvalue weighted by molar-refractivity contribution is -0.123. The van der Waals surface area contributed by atoms with Crippen LogP contribution in [0.1, 0.15) is 29.7 Å². The van der Waals surface area contributed by atoms with E-state index >= 15 is 0 Å². The van der Waals surface area contributed by atoms with Crippen LogP contribution in [0.5, 0.6) is 11.5 Å². The van der Waals surface area contributed by atoms with E-state index in [1.807, 2.05) is 61.5 Å². The predicted molar refractivity (Wildman–Crippen MR) is 119 cm³/mol. The van der Waals surface area contributed by atoms with Crippen LogP contribution in [0.3, 0.4) is 0 Å². The maximum Gasteiger partial charge on any atom is 0.237 e. The summed E-state index contributed by atoms with van der Waals surface area (Å²) < 4.78 is 10.6. The summed E-state index contributed by atoms with van der Waals surface area (Å²) in [7, 11) is 3.20. The number of benzene rings is 3. The van der Waals surface area contributed by atoms with Gasteiger partial charge >= 0.3 is 0 Å². The average Bonchev–Trinajstić information content (AvgIpc) is 2.81. The van der Waals surface area contributed by atoms with Crippen molar-refractivity contribution in [2.45, 2.75) is 25.6 Å². The third kappa shape index (κ3) is 5.39. The molecule has 0 saturated carbocycles. The van der Waals surface area contributed by atoms with Gasteiger partial charge in [0.2, 0.25) is 5.91 Å². The van der Waals surface area contributed by atoms with E-state index in [1.54, 1.807) is 14.2 Å². The van der Waals surface area contributed by atoms with Crippen LogP contribution in [0.4, 0.5) is 0 Å². The Morgan fingerprint density at radius 2 is 1.40 bits per heavy atom. The molecule has 5 nitrogen and oxygen atoms in total. The summed E-state index contributed by atoms with van der Waals surface area (Å²) in [4.78, 5) is 12.8. The molecule has 0 radical (unpaired) electrons. The highest BCUT2D eigenvalue weighted by atomic mass is 16.5. The van der Waals surface area contributed by atoms with E-state index in [0.717, 1.165) is 16.7 Å². The van der Waals surface area contributed by atoms with Crippen LogP contribution >= 0.6 is 0 Å². The van der Waals surface area contributed by atoms with Crippen LogP contribution in [0, 0.1) is 0 Å². The fourth-order valence-corrected chi connectivity index (χ4v) is 3.33. The van der Waals surface area contributed by atoms with E-state index < -0.39 is 0 Å². The largest absolute Gasteiger partial charge is 0.493 e. The van der Waals surface area contributed by atoms with E-state index in [4.69, 9.17) is 9.47 Å². The second-order valence-corrected chi connectivity index (χ2v) is 7.05. The predicted octanol–water partition coefficient (Wildman–Crippen LogP) is 4.09. The fraction of sp³-hybridized carbons (Fsp3) is 0.240. The maximum absolute atomic E-state index is 12.8. The molecule has 1 amide bonds. The van der Waals surface area contributed by atoms with Gasteiger partial charge in [0.1, 0.15) is 0 Å². The van der Waals surface area contributed by atoms with E-state index in [0.29, 0.717) is 18.0 Å². The van der Waals surface area contributed by atoms with Crippen molar-refractivity contribution >= 4 is 5.91 Å². The van der Waals surface area contributed by atoms with Gasteiger partial charge in [-0.15, -0.1) is 0 Å². The Morgan fingerprint density at radius 3 is 1.93 bits per heavy atom. The number of carbonyl (C=O) groups excluding carboxylic acids is 1. The van der Waals surface area contributed by atoms with Crippen molar-refractivity contribution in [2.24, 2.45) is 0 Å². The van der Waals surface area contributed by atoms with Crippen molar-refractivity contribution in [3.8, 4) is 11.5 Å². The molecule has 1 atom stereocenters. The number of carbonyl (C=O) groups is 1. The fourth-order valence-electron chi connectivity index (χ4n) is 3.33. The van der Waals surface area contributed by atoms with Crippen LogP contribution < -0.4 is 20.1 Å².